The summed E-state index contributed by atoms with van der Waals surface area (Å²) < 4.78 is 0. The quantitative estimate of drug-likeness (QED) is 0.464. The van der Waals surface area contributed by atoms with Gasteiger partial charge in [0.2, 0.25) is 0 Å². The van der Waals surface area contributed by atoms with Crippen molar-refractivity contribution in [3.63, 3.8) is 0 Å². The second-order valence-corrected chi connectivity index (χ2v) is 6.82. The monoisotopic (exact) mass is 339 g/mol. The van der Waals surface area contributed by atoms with E-state index in [9.17, 15) is 0 Å². The lowest BCUT2D eigenvalue weighted by molar-refractivity contribution is 0.867. The minimum Gasteiger partial charge on any atom is -0.331 e. The number of rotatable bonds is 4. The van der Waals surface area contributed by atoms with Crippen LogP contribution in [-0.2, 0) is 0 Å². The van der Waals surface area contributed by atoms with E-state index in [-0.39, 0.29) is 0 Å². The maximum Gasteiger partial charge on any atom is 0.191 e. The molecule has 126 valence electrons. The minimum absolute atomic E-state index is 0.478. The highest BCUT2D eigenvalue weighted by atomic mass is 32.1. The van der Waals surface area contributed by atoms with Crippen LogP contribution in [0.5, 0.6) is 0 Å². The Kier molecular flexibility index (Phi) is 6.10. The fourth-order valence-corrected chi connectivity index (χ4v) is 2.83. The van der Waals surface area contributed by atoms with E-state index >= 15 is 0 Å². The van der Waals surface area contributed by atoms with Crippen LogP contribution in [-0.4, -0.2) is 11.3 Å². The third kappa shape index (κ3) is 4.90. The molecule has 0 radical (unpaired) electrons. The van der Waals surface area contributed by atoms with E-state index < -0.39 is 0 Å². The molecule has 0 amide bonds. The molecule has 24 heavy (non-hydrogen) atoms. The topological polar surface area (TPSA) is 36.4 Å². The summed E-state index contributed by atoms with van der Waals surface area (Å²) in [5.41, 5.74) is 9.94. The second-order valence-electron chi connectivity index (χ2n) is 6.41. The first kappa shape index (κ1) is 18.1. The average molecular weight is 340 g/mol. The largest absolute Gasteiger partial charge is 0.331 e. The summed E-state index contributed by atoms with van der Waals surface area (Å²) in [6.45, 7) is 10.6. The van der Waals surface area contributed by atoms with E-state index in [0.29, 0.717) is 11.0 Å². The molecule has 2 aromatic carbocycles. The first-order valence-electron chi connectivity index (χ1n) is 8.14. The van der Waals surface area contributed by atoms with Gasteiger partial charge in [-0.3, -0.25) is 5.43 Å². The van der Waals surface area contributed by atoms with Crippen LogP contribution in [0.1, 0.15) is 47.6 Å². The molecule has 0 fully saturated rings. The zero-order chi connectivity index (χ0) is 17.7. The first-order valence-corrected chi connectivity index (χ1v) is 8.55. The van der Waals surface area contributed by atoms with Crippen molar-refractivity contribution in [2.45, 2.75) is 40.5 Å². The zero-order valence-corrected chi connectivity index (χ0v) is 15.8. The number of aryl methyl sites for hydroxylation is 3. The Hall–Kier alpha value is -2.20. The molecule has 0 atom stereocenters. The molecule has 2 aromatic rings. The molecule has 0 unspecified atom stereocenters. The van der Waals surface area contributed by atoms with Crippen LogP contribution >= 0.6 is 12.2 Å². The molecule has 3 nitrogen and oxygen atoms in total. The van der Waals surface area contributed by atoms with Crippen LogP contribution in [0.2, 0.25) is 0 Å². The molecular weight excluding hydrogens is 314 g/mol. The Balaban J connectivity index is 1.96. The Morgan fingerprint density at radius 2 is 1.62 bits per heavy atom. The van der Waals surface area contributed by atoms with Crippen LogP contribution in [0, 0.1) is 20.8 Å². The lowest BCUT2D eigenvalue weighted by Gasteiger charge is -2.10. The summed E-state index contributed by atoms with van der Waals surface area (Å²) >= 11 is 5.29. The van der Waals surface area contributed by atoms with Crippen LogP contribution in [0.25, 0.3) is 0 Å². The molecule has 0 aliphatic rings. The van der Waals surface area contributed by atoms with Crippen molar-refractivity contribution < 1.29 is 0 Å². The Labute approximate surface area is 150 Å². The summed E-state index contributed by atoms with van der Waals surface area (Å²) in [6, 6.07) is 12.6. The number of hydrazone groups is 1. The number of anilines is 1. The van der Waals surface area contributed by atoms with Gasteiger partial charge in [-0.05, 0) is 67.7 Å². The van der Waals surface area contributed by atoms with E-state index in [1.165, 1.54) is 22.3 Å². The van der Waals surface area contributed by atoms with Crippen molar-refractivity contribution >= 4 is 29.2 Å². The van der Waals surface area contributed by atoms with E-state index in [0.717, 1.165) is 11.3 Å². The summed E-state index contributed by atoms with van der Waals surface area (Å²) in [7, 11) is 0. The third-order valence-electron chi connectivity index (χ3n) is 3.93. The van der Waals surface area contributed by atoms with Gasteiger partial charge in [-0.15, -0.1) is 0 Å². The van der Waals surface area contributed by atoms with E-state index in [4.69, 9.17) is 12.2 Å². The van der Waals surface area contributed by atoms with E-state index in [2.05, 4.69) is 74.7 Å². The van der Waals surface area contributed by atoms with E-state index in [1.54, 1.807) is 0 Å². The van der Waals surface area contributed by atoms with Gasteiger partial charge in [0.15, 0.2) is 5.11 Å². The molecule has 0 aliphatic carbocycles. The highest BCUT2D eigenvalue weighted by Crippen LogP contribution is 2.17. The maximum absolute atomic E-state index is 5.29. The summed E-state index contributed by atoms with van der Waals surface area (Å²) in [4.78, 5) is 0. The van der Waals surface area contributed by atoms with Gasteiger partial charge < -0.3 is 5.32 Å². The molecule has 0 heterocycles. The van der Waals surface area contributed by atoms with Gasteiger partial charge in [-0.25, -0.2) is 0 Å². The summed E-state index contributed by atoms with van der Waals surface area (Å²) in [6.07, 6.45) is 1.82. The number of nitrogens with zero attached hydrogens (tertiary/aromatic N) is 1. The lowest BCUT2D eigenvalue weighted by atomic mass is 10.0. The molecule has 0 saturated heterocycles. The number of benzene rings is 2. The highest BCUT2D eigenvalue weighted by molar-refractivity contribution is 7.80. The predicted octanol–water partition coefficient (Wildman–Crippen LogP) is 5.06. The van der Waals surface area contributed by atoms with Crippen molar-refractivity contribution in [1.82, 2.24) is 5.43 Å². The Morgan fingerprint density at radius 1 is 1.04 bits per heavy atom. The van der Waals surface area contributed by atoms with Crippen LogP contribution in [0.3, 0.4) is 0 Å². The second kappa shape index (κ2) is 8.06. The van der Waals surface area contributed by atoms with Crippen molar-refractivity contribution in [2.75, 3.05) is 5.32 Å². The first-order chi connectivity index (χ1) is 11.4. The smallest absolute Gasteiger partial charge is 0.191 e. The van der Waals surface area contributed by atoms with Crippen molar-refractivity contribution in [1.29, 1.82) is 0 Å². The van der Waals surface area contributed by atoms with E-state index in [1.807, 2.05) is 18.3 Å². The van der Waals surface area contributed by atoms with Crippen LogP contribution in [0.4, 0.5) is 5.69 Å². The van der Waals surface area contributed by atoms with Gasteiger partial charge in [0.25, 0.3) is 0 Å². The fourth-order valence-electron chi connectivity index (χ4n) is 2.66. The van der Waals surface area contributed by atoms with Gasteiger partial charge in [-0.2, -0.15) is 5.10 Å². The Bertz CT molecular complexity index is 723. The van der Waals surface area contributed by atoms with Gasteiger partial charge >= 0.3 is 0 Å². The highest BCUT2D eigenvalue weighted by Gasteiger charge is 2.02. The maximum atomic E-state index is 5.29. The number of thiocarbonyl (C=S) groups is 1. The third-order valence-corrected chi connectivity index (χ3v) is 4.13. The van der Waals surface area contributed by atoms with Gasteiger partial charge in [-0.1, -0.05) is 43.7 Å². The average Bonchev–Trinajstić information content (AvgIpc) is 2.50. The normalized spacial score (nSPS) is 11.1. The molecule has 0 saturated carbocycles. The van der Waals surface area contributed by atoms with Crippen molar-refractivity contribution in [3.05, 3.63) is 64.2 Å². The zero-order valence-electron chi connectivity index (χ0n) is 15.0. The predicted molar refractivity (Wildman–Crippen MR) is 108 cm³/mol. The van der Waals surface area contributed by atoms with Crippen LogP contribution < -0.4 is 10.7 Å². The van der Waals surface area contributed by atoms with Gasteiger partial charge in [0.05, 0.1) is 6.21 Å². The lowest BCUT2D eigenvalue weighted by Crippen LogP contribution is -2.23. The van der Waals surface area contributed by atoms with Crippen molar-refractivity contribution in [2.24, 2.45) is 5.10 Å². The Morgan fingerprint density at radius 3 is 2.17 bits per heavy atom. The summed E-state index contributed by atoms with van der Waals surface area (Å²) in [5.74, 6) is 0.523. The molecule has 0 aromatic heterocycles. The number of nitrogens with one attached hydrogen (secondary N) is 2. The molecule has 0 aliphatic heterocycles. The van der Waals surface area contributed by atoms with Gasteiger partial charge in [0, 0.05) is 11.3 Å². The SMILES string of the molecule is Cc1cc(C)c(/C=N\NC(=S)Nc2ccc(C(C)C)cc2)c(C)c1. The minimum atomic E-state index is 0.478. The molecule has 2 rings (SSSR count). The number of hydrogen-bond donors (Lipinski definition) is 2. The van der Waals surface area contributed by atoms with Crippen molar-refractivity contribution in [3.8, 4) is 0 Å². The van der Waals surface area contributed by atoms with Gasteiger partial charge in [0.1, 0.15) is 0 Å². The molecule has 4 heteroatoms. The molecule has 2 N–H and O–H groups in total. The number of hydrogen-bond acceptors (Lipinski definition) is 2. The summed E-state index contributed by atoms with van der Waals surface area (Å²) in [5, 5.41) is 7.87. The molecular formula is C20H25N3S. The molecule has 0 bridgehead atoms. The molecule has 0 spiro atoms. The standard InChI is InChI=1S/C20H25N3S/c1-13(2)17-6-8-18(9-7-17)22-20(24)23-21-12-19-15(4)10-14(3)11-16(19)5/h6-13H,1-5H3,(H2,22,23,24)/b21-12-. The van der Waals surface area contributed by atoms with Crippen LogP contribution in [0.15, 0.2) is 41.5 Å². The fraction of sp³-hybridized carbons (Fsp3) is 0.300.